The van der Waals surface area contributed by atoms with Crippen LogP contribution in [0.1, 0.15) is 11.4 Å². The summed E-state index contributed by atoms with van der Waals surface area (Å²) in [7, 11) is 1.41. The van der Waals surface area contributed by atoms with Gasteiger partial charge in [0.15, 0.2) is 22.5 Å². The lowest BCUT2D eigenvalue weighted by atomic mass is 10.3. The second-order valence-electron chi connectivity index (χ2n) is 4.01. The van der Waals surface area contributed by atoms with Crippen molar-refractivity contribution in [1.82, 2.24) is 9.97 Å². The molecule has 0 spiro atoms. The number of rotatable bonds is 3. The van der Waals surface area contributed by atoms with Gasteiger partial charge in [0.1, 0.15) is 0 Å². The first kappa shape index (κ1) is 13.5. The predicted octanol–water partition coefficient (Wildman–Crippen LogP) is 3.64. The highest BCUT2D eigenvalue weighted by Gasteiger charge is 2.09. The molecule has 4 nitrogen and oxygen atoms in total. The van der Waals surface area contributed by atoms with Crippen molar-refractivity contribution in [3.05, 3.63) is 40.6 Å². The van der Waals surface area contributed by atoms with Crippen LogP contribution in [0.4, 0.5) is 15.9 Å². The monoisotopic (exact) mass is 281 g/mol. The normalized spacial score (nSPS) is 10.4. The van der Waals surface area contributed by atoms with E-state index in [0.717, 1.165) is 11.4 Å². The summed E-state index contributed by atoms with van der Waals surface area (Å²) in [6.45, 7) is 3.66. The molecule has 2 rings (SSSR count). The van der Waals surface area contributed by atoms with Crippen LogP contribution in [0.5, 0.6) is 5.75 Å². The quantitative estimate of drug-likeness (QED) is 0.933. The minimum atomic E-state index is -0.458. The molecule has 100 valence electrons. The number of aryl methyl sites for hydroxylation is 2. The van der Waals surface area contributed by atoms with Crippen molar-refractivity contribution >= 4 is 23.1 Å². The lowest BCUT2D eigenvalue weighted by Crippen LogP contribution is -2.01. The molecule has 0 aliphatic heterocycles. The Balaban J connectivity index is 2.31. The molecular formula is C13H13ClFN3O. The van der Waals surface area contributed by atoms with Gasteiger partial charge in [-0.05, 0) is 26.0 Å². The molecule has 1 aromatic carbocycles. The molecule has 1 N–H and O–H groups in total. The third-order valence-corrected chi connectivity index (χ3v) is 2.94. The maximum Gasteiger partial charge on any atom is 0.172 e. The van der Waals surface area contributed by atoms with Crippen molar-refractivity contribution in [3.8, 4) is 5.75 Å². The fourth-order valence-corrected chi connectivity index (χ4v) is 1.75. The van der Waals surface area contributed by atoms with E-state index in [9.17, 15) is 4.39 Å². The van der Waals surface area contributed by atoms with Gasteiger partial charge < -0.3 is 10.1 Å². The minimum absolute atomic E-state index is 0.183. The second-order valence-corrected chi connectivity index (χ2v) is 4.37. The zero-order valence-electron chi connectivity index (χ0n) is 10.8. The molecule has 1 aromatic heterocycles. The van der Waals surface area contributed by atoms with E-state index in [2.05, 4.69) is 15.3 Å². The summed E-state index contributed by atoms with van der Waals surface area (Å²) in [6.07, 6.45) is 0. The molecule has 0 fully saturated rings. The maximum atomic E-state index is 13.6. The van der Waals surface area contributed by atoms with Crippen LogP contribution in [0, 0.1) is 19.7 Å². The van der Waals surface area contributed by atoms with Gasteiger partial charge in [0, 0.05) is 11.8 Å². The van der Waals surface area contributed by atoms with Crippen LogP contribution in [-0.4, -0.2) is 17.1 Å². The van der Waals surface area contributed by atoms with E-state index >= 15 is 0 Å². The van der Waals surface area contributed by atoms with Crippen LogP contribution >= 0.6 is 11.6 Å². The number of aromatic nitrogens is 2. The second kappa shape index (κ2) is 5.40. The molecule has 6 heteroatoms. The first-order valence-corrected chi connectivity index (χ1v) is 6.00. The van der Waals surface area contributed by atoms with Gasteiger partial charge in [-0.15, -0.1) is 0 Å². The minimum Gasteiger partial charge on any atom is -0.494 e. The molecule has 1 heterocycles. The third kappa shape index (κ3) is 2.93. The number of nitrogens with zero attached hydrogens (tertiary/aromatic N) is 2. The lowest BCUT2D eigenvalue weighted by Gasteiger charge is -2.10. The Morgan fingerprint density at radius 3 is 2.53 bits per heavy atom. The van der Waals surface area contributed by atoms with Crippen LogP contribution in [0.2, 0.25) is 5.15 Å². The summed E-state index contributed by atoms with van der Waals surface area (Å²) >= 11 is 6.00. The molecule has 0 unspecified atom stereocenters. The van der Waals surface area contributed by atoms with Gasteiger partial charge in [-0.2, -0.15) is 0 Å². The van der Waals surface area contributed by atoms with Gasteiger partial charge in [0.05, 0.1) is 18.5 Å². The number of methoxy groups -OCH3 is 1. The molecule has 0 saturated carbocycles. The topological polar surface area (TPSA) is 47.0 Å². The van der Waals surface area contributed by atoms with Crippen LogP contribution in [0.15, 0.2) is 18.2 Å². The van der Waals surface area contributed by atoms with E-state index in [-0.39, 0.29) is 10.9 Å². The first-order chi connectivity index (χ1) is 9.01. The highest BCUT2D eigenvalue weighted by molar-refractivity contribution is 6.31. The van der Waals surface area contributed by atoms with E-state index < -0.39 is 5.82 Å². The zero-order chi connectivity index (χ0) is 14.0. The highest BCUT2D eigenvalue weighted by Crippen LogP contribution is 2.26. The number of anilines is 2. The fourth-order valence-electron chi connectivity index (χ4n) is 1.54. The molecule has 0 amide bonds. The van der Waals surface area contributed by atoms with Crippen molar-refractivity contribution in [2.24, 2.45) is 0 Å². The number of nitrogens with one attached hydrogen (secondary N) is 1. The van der Waals surface area contributed by atoms with Gasteiger partial charge in [0.2, 0.25) is 0 Å². The lowest BCUT2D eigenvalue weighted by molar-refractivity contribution is 0.386. The van der Waals surface area contributed by atoms with Crippen LogP contribution < -0.4 is 10.1 Å². The van der Waals surface area contributed by atoms with Crippen molar-refractivity contribution in [1.29, 1.82) is 0 Å². The van der Waals surface area contributed by atoms with E-state index in [1.165, 1.54) is 19.2 Å². The Morgan fingerprint density at radius 1 is 1.21 bits per heavy atom. The predicted molar refractivity (Wildman–Crippen MR) is 72.8 cm³/mol. The molecule has 19 heavy (non-hydrogen) atoms. The van der Waals surface area contributed by atoms with E-state index in [0.29, 0.717) is 11.5 Å². The van der Waals surface area contributed by atoms with Gasteiger partial charge in [-0.3, -0.25) is 0 Å². The van der Waals surface area contributed by atoms with Crippen LogP contribution in [0.25, 0.3) is 0 Å². The summed E-state index contributed by atoms with van der Waals surface area (Å²) in [6, 6.07) is 4.52. The maximum absolute atomic E-state index is 13.6. The molecule has 0 radical (unpaired) electrons. The smallest absolute Gasteiger partial charge is 0.172 e. The van der Waals surface area contributed by atoms with Crippen molar-refractivity contribution in [2.75, 3.05) is 12.4 Å². The SMILES string of the molecule is COc1ccc(Nc2nc(C)c(C)nc2Cl)cc1F. The number of hydrogen-bond acceptors (Lipinski definition) is 4. The Labute approximate surface area is 115 Å². The number of halogens is 2. The van der Waals surface area contributed by atoms with E-state index in [1.54, 1.807) is 6.07 Å². The fraction of sp³-hybridized carbons (Fsp3) is 0.231. The van der Waals surface area contributed by atoms with Gasteiger partial charge in [0.25, 0.3) is 0 Å². The number of ether oxygens (including phenoxy) is 1. The Bertz CT molecular complexity index is 619. The third-order valence-electron chi connectivity index (χ3n) is 2.68. The molecule has 0 bridgehead atoms. The highest BCUT2D eigenvalue weighted by atomic mass is 35.5. The van der Waals surface area contributed by atoms with E-state index in [4.69, 9.17) is 16.3 Å². The molecule has 0 saturated heterocycles. The summed E-state index contributed by atoms with van der Waals surface area (Å²) in [4.78, 5) is 8.43. The first-order valence-electron chi connectivity index (χ1n) is 5.62. The molecule has 0 aliphatic rings. The number of benzene rings is 1. The average molecular weight is 282 g/mol. The molecule has 0 aliphatic carbocycles. The molecule has 2 aromatic rings. The van der Waals surface area contributed by atoms with Crippen LogP contribution in [-0.2, 0) is 0 Å². The Kier molecular flexibility index (Phi) is 3.85. The van der Waals surface area contributed by atoms with Gasteiger partial charge in [-0.1, -0.05) is 11.6 Å². The summed E-state index contributed by atoms with van der Waals surface area (Å²) in [5, 5.41) is 3.18. The Hall–Kier alpha value is -1.88. The Morgan fingerprint density at radius 2 is 1.89 bits per heavy atom. The zero-order valence-corrected chi connectivity index (χ0v) is 11.5. The molecule has 0 atom stereocenters. The van der Waals surface area contributed by atoms with Crippen LogP contribution in [0.3, 0.4) is 0 Å². The van der Waals surface area contributed by atoms with Gasteiger partial charge >= 0.3 is 0 Å². The number of hydrogen-bond donors (Lipinski definition) is 1. The average Bonchev–Trinajstić information content (AvgIpc) is 2.36. The standard InChI is InChI=1S/C13H13ClFN3O/c1-7-8(2)17-13(12(14)16-7)18-9-4-5-11(19-3)10(15)6-9/h4-6H,1-3H3,(H,17,18). The molecular weight excluding hydrogens is 269 g/mol. The van der Waals surface area contributed by atoms with E-state index in [1.807, 2.05) is 13.8 Å². The summed E-state index contributed by atoms with van der Waals surface area (Å²) < 4.78 is 18.4. The van der Waals surface area contributed by atoms with Gasteiger partial charge in [-0.25, -0.2) is 14.4 Å². The largest absolute Gasteiger partial charge is 0.494 e. The van der Waals surface area contributed by atoms with Crippen molar-refractivity contribution in [3.63, 3.8) is 0 Å². The summed E-state index contributed by atoms with van der Waals surface area (Å²) in [5.74, 6) is 0.123. The van der Waals surface area contributed by atoms with Crippen molar-refractivity contribution < 1.29 is 9.13 Å². The summed E-state index contributed by atoms with van der Waals surface area (Å²) in [5.41, 5.74) is 2.05. The van der Waals surface area contributed by atoms with Crippen molar-refractivity contribution in [2.45, 2.75) is 13.8 Å².